The Hall–Kier alpha value is -3.19. The van der Waals surface area contributed by atoms with Crippen LogP contribution in [-0.2, 0) is 33.8 Å². The predicted octanol–water partition coefficient (Wildman–Crippen LogP) is 5.23. The van der Waals surface area contributed by atoms with Gasteiger partial charge in [0.15, 0.2) is 6.29 Å². The second kappa shape index (κ2) is 14.4. The van der Waals surface area contributed by atoms with E-state index >= 15 is 0 Å². The number of alkyl carbamates (subject to hydrolysis) is 1. The van der Waals surface area contributed by atoms with E-state index in [1.54, 1.807) is 0 Å². The van der Waals surface area contributed by atoms with Crippen LogP contribution in [0.25, 0.3) is 0 Å². The quantitative estimate of drug-likeness (QED) is 0.366. The van der Waals surface area contributed by atoms with Gasteiger partial charge in [-0.2, -0.15) is 0 Å². The maximum atomic E-state index is 12.9. The summed E-state index contributed by atoms with van der Waals surface area (Å²) in [6.07, 6.45) is 2.56. The Morgan fingerprint density at radius 2 is 1.50 bits per heavy atom. The van der Waals surface area contributed by atoms with Gasteiger partial charge in [0, 0.05) is 19.7 Å². The summed E-state index contributed by atoms with van der Waals surface area (Å²) >= 11 is 0. The third-order valence-electron chi connectivity index (χ3n) is 6.25. The number of ether oxygens (including phenoxy) is 3. The summed E-state index contributed by atoms with van der Waals surface area (Å²) in [6, 6.07) is 29.8. The minimum atomic E-state index is -0.457. The first kappa shape index (κ1) is 25.9. The molecule has 2 unspecified atom stereocenters. The van der Waals surface area contributed by atoms with Crippen molar-refractivity contribution in [2.24, 2.45) is 0 Å². The molecule has 1 heterocycles. The lowest BCUT2D eigenvalue weighted by Gasteiger charge is -2.33. The molecule has 0 radical (unpaired) electrons. The Labute approximate surface area is 214 Å². The Bertz CT molecular complexity index is 1010. The topological polar surface area (TPSA) is 68.8 Å². The van der Waals surface area contributed by atoms with Crippen molar-refractivity contribution in [1.29, 1.82) is 0 Å². The van der Waals surface area contributed by atoms with E-state index in [1.807, 2.05) is 66.7 Å². The van der Waals surface area contributed by atoms with Crippen LogP contribution in [0, 0.1) is 0 Å². The first-order valence-electron chi connectivity index (χ1n) is 12.8. The summed E-state index contributed by atoms with van der Waals surface area (Å²) in [5.74, 6) is 0. The van der Waals surface area contributed by atoms with Crippen molar-refractivity contribution in [1.82, 2.24) is 10.6 Å². The Kier molecular flexibility index (Phi) is 10.3. The molecule has 190 valence electrons. The molecule has 0 spiro atoms. The molecule has 3 atom stereocenters. The van der Waals surface area contributed by atoms with E-state index in [9.17, 15) is 4.79 Å². The van der Waals surface area contributed by atoms with Crippen molar-refractivity contribution in [3.05, 3.63) is 108 Å². The van der Waals surface area contributed by atoms with Crippen molar-refractivity contribution >= 4 is 6.09 Å². The molecule has 4 rings (SSSR count). The van der Waals surface area contributed by atoms with Crippen molar-refractivity contribution < 1.29 is 19.0 Å². The fourth-order valence-electron chi connectivity index (χ4n) is 4.31. The lowest BCUT2D eigenvalue weighted by Crippen LogP contribution is -2.51. The van der Waals surface area contributed by atoms with E-state index in [0.717, 1.165) is 30.4 Å². The van der Waals surface area contributed by atoms with Gasteiger partial charge in [-0.3, -0.25) is 0 Å². The van der Waals surface area contributed by atoms with Crippen molar-refractivity contribution in [3.63, 3.8) is 0 Å². The van der Waals surface area contributed by atoms with Crippen LogP contribution < -0.4 is 10.6 Å². The van der Waals surface area contributed by atoms with Crippen molar-refractivity contribution in [2.45, 2.75) is 57.3 Å². The van der Waals surface area contributed by atoms with Crippen molar-refractivity contribution in [3.8, 4) is 0 Å². The summed E-state index contributed by atoms with van der Waals surface area (Å²) in [5.41, 5.74) is 3.26. The molecule has 6 heteroatoms. The van der Waals surface area contributed by atoms with Gasteiger partial charge in [0.25, 0.3) is 0 Å². The molecule has 2 N–H and O–H groups in total. The van der Waals surface area contributed by atoms with Gasteiger partial charge in [0.05, 0.1) is 12.1 Å². The summed E-state index contributed by atoms with van der Waals surface area (Å²) in [5, 5.41) is 6.61. The van der Waals surface area contributed by atoms with Crippen LogP contribution >= 0.6 is 0 Å². The van der Waals surface area contributed by atoms with Crippen LogP contribution in [0.1, 0.15) is 36.0 Å². The molecule has 1 amide bonds. The average molecular weight is 489 g/mol. The standard InChI is InChI=1S/C30H36N2O4/c33-30(35-23-26-16-8-3-9-17-26)32-27(20-24-12-4-1-5-13-24)28(36-29-18-10-11-19-34-29)22-31-21-25-14-6-2-7-15-25/h1-9,12-17,27-29,31H,10-11,18-23H2,(H,32,33)/t27?,28-,29?/m1/s1. The first-order valence-corrected chi connectivity index (χ1v) is 12.8. The fourth-order valence-corrected chi connectivity index (χ4v) is 4.31. The van der Waals surface area contributed by atoms with Gasteiger partial charge in [-0.1, -0.05) is 91.0 Å². The molecule has 6 nitrogen and oxygen atoms in total. The molecule has 0 aromatic heterocycles. The number of amides is 1. The van der Waals surface area contributed by atoms with Crippen molar-refractivity contribution in [2.75, 3.05) is 13.2 Å². The van der Waals surface area contributed by atoms with Gasteiger partial charge in [0.1, 0.15) is 6.61 Å². The number of hydrogen-bond donors (Lipinski definition) is 2. The minimum Gasteiger partial charge on any atom is -0.445 e. The number of carbonyl (C=O) groups is 1. The predicted molar refractivity (Wildman–Crippen MR) is 140 cm³/mol. The average Bonchev–Trinajstić information content (AvgIpc) is 2.93. The van der Waals surface area contributed by atoms with Gasteiger partial charge in [-0.15, -0.1) is 0 Å². The monoisotopic (exact) mass is 488 g/mol. The first-order chi connectivity index (χ1) is 17.8. The van der Waals surface area contributed by atoms with E-state index in [-0.39, 0.29) is 25.0 Å². The second-order valence-electron chi connectivity index (χ2n) is 9.09. The normalized spacial score (nSPS) is 17.2. The lowest BCUT2D eigenvalue weighted by atomic mass is 10.0. The Morgan fingerprint density at radius 1 is 0.861 bits per heavy atom. The van der Waals surface area contributed by atoms with E-state index in [1.165, 1.54) is 5.56 Å². The molecule has 1 fully saturated rings. The number of carbonyl (C=O) groups excluding carboxylic acids is 1. The molecule has 1 saturated heterocycles. The van der Waals surface area contributed by atoms with Crippen LogP contribution in [-0.4, -0.2) is 37.7 Å². The summed E-state index contributed by atoms with van der Waals surface area (Å²) in [7, 11) is 0. The summed E-state index contributed by atoms with van der Waals surface area (Å²) < 4.78 is 17.9. The number of rotatable bonds is 12. The van der Waals surface area contributed by atoms with E-state index in [2.05, 4.69) is 34.9 Å². The summed E-state index contributed by atoms with van der Waals surface area (Å²) in [6.45, 7) is 2.19. The zero-order valence-corrected chi connectivity index (χ0v) is 20.7. The third-order valence-corrected chi connectivity index (χ3v) is 6.25. The van der Waals surface area contributed by atoms with E-state index in [4.69, 9.17) is 14.2 Å². The zero-order valence-electron chi connectivity index (χ0n) is 20.7. The molecule has 3 aromatic rings. The number of hydrogen-bond acceptors (Lipinski definition) is 5. The highest BCUT2D eigenvalue weighted by Crippen LogP contribution is 2.19. The SMILES string of the molecule is O=C(NC(Cc1ccccc1)[C@@H](CNCc1ccccc1)OC1CCCCO1)OCc1ccccc1. The minimum absolute atomic E-state index is 0.217. The lowest BCUT2D eigenvalue weighted by molar-refractivity contribution is -0.192. The van der Waals surface area contributed by atoms with Gasteiger partial charge in [-0.05, 0) is 42.4 Å². The number of benzene rings is 3. The van der Waals surface area contributed by atoms with Gasteiger partial charge >= 0.3 is 6.09 Å². The highest BCUT2D eigenvalue weighted by Gasteiger charge is 2.29. The highest BCUT2D eigenvalue weighted by molar-refractivity contribution is 5.67. The maximum absolute atomic E-state index is 12.9. The van der Waals surface area contributed by atoms with Crippen LogP contribution in [0.4, 0.5) is 4.79 Å². The summed E-state index contributed by atoms with van der Waals surface area (Å²) in [4.78, 5) is 12.9. The zero-order chi connectivity index (χ0) is 24.8. The molecule has 1 aliphatic rings. The smallest absolute Gasteiger partial charge is 0.407 e. The van der Waals surface area contributed by atoms with Gasteiger partial charge < -0.3 is 24.8 Å². The second-order valence-corrected chi connectivity index (χ2v) is 9.09. The molecular formula is C30H36N2O4. The van der Waals surface area contributed by atoms with E-state index < -0.39 is 6.09 Å². The van der Waals surface area contributed by atoms with Gasteiger partial charge in [-0.25, -0.2) is 4.79 Å². The molecule has 3 aromatic carbocycles. The van der Waals surface area contributed by atoms with E-state index in [0.29, 0.717) is 26.1 Å². The number of nitrogens with one attached hydrogen (secondary N) is 2. The largest absolute Gasteiger partial charge is 0.445 e. The molecule has 0 saturated carbocycles. The molecule has 1 aliphatic heterocycles. The Morgan fingerprint density at radius 3 is 2.14 bits per heavy atom. The fraction of sp³-hybridized carbons (Fsp3) is 0.367. The molecule has 0 bridgehead atoms. The third kappa shape index (κ3) is 8.79. The van der Waals surface area contributed by atoms with Crippen LogP contribution in [0.3, 0.4) is 0 Å². The molecular weight excluding hydrogens is 452 g/mol. The van der Waals surface area contributed by atoms with Crippen LogP contribution in [0.5, 0.6) is 0 Å². The Balaban J connectivity index is 1.45. The maximum Gasteiger partial charge on any atom is 0.407 e. The highest BCUT2D eigenvalue weighted by atomic mass is 16.7. The van der Waals surface area contributed by atoms with Gasteiger partial charge in [0.2, 0.25) is 0 Å². The van der Waals surface area contributed by atoms with Crippen LogP contribution in [0.2, 0.25) is 0 Å². The van der Waals surface area contributed by atoms with Crippen LogP contribution in [0.15, 0.2) is 91.0 Å². The molecule has 36 heavy (non-hydrogen) atoms. The molecule has 0 aliphatic carbocycles.